The van der Waals surface area contributed by atoms with Gasteiger partial charge in [-0.15, -0.1) is 0 Å². The van der Waals surface area contributed by atoms with E-state index in [1.807, 2.05) is 18.2 Å². The summed E-state index contributed by atoms with van der Waals surface area (Å²) in [6.45, 7) is 6.64. The molecule has 0 radical (unpaired) electrons. The second kappa shape index (κ2) is 7.51. The van der Waals surface area contributed by atoms with Crippen LogP contribution < -0.4 is 5.32 Å². The van der Waals surface area contributed by atoms with Crippen LogP contribution in [0.15, 0.2) is 22.7 Å². The first kappa shape index (κ1) is 16.8. The smallest absolute Gasteiger partial charge is 0.0661 e. The molecule has 2 N–H and O–H groups in total. The number of aliphatic hydroxyl groups excluding tert-OH is 1. The van der Waals surface area contributed by atoms with Gasteiger partial charge in [-0.2, -0.15) is 0 Å². The van der Waals surface area contributed by atoms with Crippen molar-refractivity contribution in [3.05, 3.63) is 27.7 Å². The zero-order valence-electron chi connectivity index (χ0n) is 11.8. The highest BCUT2D eigenvalue weighted by Gasteiger charge is 2.29. The third-order valence-electron chi connectivity index (χ3n) is 3.74. The molecule has 1 rings (SSSR count). The van der Waals surface area contributed by atoms with E-state index in [1.54, 1.807) is 0 Å². The van der Waals surface area contributed by atoms with E-state index in [1.165, 1.54) is 0 Å². The van der Waals surface area contributed by atoms with Crippen molar-refractivity contribution >= 4 is 33.2 Å². The number of hydrogen-bond donors (Lipinski definition) is 2. The van der Waals surface area contributed by atoms with Gasteiger partial charge in [0.25, 0.3) is 0 Å². The summed E-state index contributed by atoms with van der Waals surface area (Å²) in [5.74, 6) is 0.579. The number of halogens is 2. The standard InChI is InChI=1S/C15H23BrClNO/c1-4-11(3)9-15(5-2,10-19)18-12-6-7-14(17)13(16)8-12/h6-8,11,18-19H,4-5,9-10H2,1-3H3. The van der Waals surface area contributed by atoms with E-state index in [2.05, 4.69) is 42.0 Å². The predicted octanol–water partition coefficient (Wildman–Crippen LogP) is 5.09. The maximum absolute atomic E-state index is 9.81. The Bertz CT molecular complexity index is 407. The molecule has 0 aliphatic carbocycles. The molecule has 0 aliphatic rings. The van der Waals surface area contributed by atoms with E-state index in [4.69, 9.17) is 11.6 Å². The second-order valence-electron chi connectivity index (χ2n) is 5.26. The summed E-state index contributed by atoms with van der Waals surface area (Å²) in [6, 6.07) is 5.76. The average Bonchev–Trinajstić information content (AvgIpc) is 2.42. The van der Waals surface area contributed by atoms with E-state index < -0.39 is 0 Å². The summed E-state index contributed by atoms with van der Waals surface area (Å²) in [7, 11) is 0. The summed E-state index contributed by atoms with van der Waals surface area (Å²) >= 11 is 9.43. The molecule has 1 aromatic carbocycles. The lowest BCUT2D eigenvalue weighted by atomic mass is 9.85. The van der Waals surface area contributed by atoms with Crippen LogP contribution in [0.25, 0.3) is 0 Å². The van der Waals surface area contributed by atoms with Crippen molar-refractivity contribution in [2.24, 2.45) is 5.92 Å². The van der Waals surface area contributed by atoms with Gasteiger partial charge >= 0.3 is 0 Å². The van der Waals surface area contributed by atoms with Gasteiger partial charge in [-0.05, 0) is 52.9 Å². The Hall–Kier alpha value is -0.250. The third kappa shape index (κ3) is 4.66. The van der Waals surface area contributed by atoms with Crippen molar-refractivity contribution in [2.45, 2.75) is 45.6 Å². The molecule has 0 heterocycles. The van der Waals surface area contributed by atoms with Gasteiger partial charge in [-0.3, -0.25) is 0 Å². The van der Waals surface area contributed by atoms with Crippen LogP contribution in [0.5, 0.6) is 0 Å². The fourth-order valence-corrected chi connectivity index (χ4v) is 2.69. The molecule has 1 aromatic rings. The van der Waals surface area contributed by atoms with Gasteiger partial charge < -0.3 is 10.4 Å². The van der Waals surface area contributed by atoms with Crippen LogP contribution in [0.1, 0.15) is 40.0 Å². The second-order valence-corrected chi connectivity index (χ2v) is 6.52. The van der Waals surface area contributed by atoms with Crippen molar-refractivity contribution in [3.8, 4) is 0 Å². The van der Waals surface area contributed by atoms with Gasteiger partial charge in [0, 0.05) is 10.2 Å². The van der Waals surface area contributed by atoms with E-state index in [-0.39, 0.29) is 12.1 Å². The average molecular weight is 349 g/mol. The maximum atomic E-state index is 9.81. The fourth-order valence-electron chi connectivity index (χ4n) is 2.19. The number of aliphatic hydroxyl groups is 1. The third-order valence-corrected chi connectivity index (χ3v) is 4.96. The highest BCUT2D eigenvalue weighted by atomic mass is 79.9. The van der Waals surface area contributed by atoms with Crippen LogP contribution in [0.4, 0.5) is 5.69 Å². The van der Waals surface area contributed by atoms with Crippen LogP contribution in [-0.4, -0.2) is 17.3 Å². The number of benzene rings is 1. The summed E-state index contributed by atoms with van der Waals surface area (Å²) < 4.78 is 0.866. The Labute approximate surface area is 129 Å². The lowest BCUT2D eigenvalue weighted by molar-refractivity contribution is 0.181. The molecule has 2 atom stereocenters. The fraction of sp³-hybridized carbons (Fsp3) is 0.600. The zero-order valence-corrected chi connectivity index (χ0v) is 14.2. The molecule has 0 bridgehead atoms. The van der Waals surface area contributed by atoms with Crippen LogP contribution in [-0.2, 0) is 0 Å². The molecule has 0 spiro atoms. The number of rotatable bonds is 7. The van der Waals surface area contributed by atoms with Crippen LogP contribution >= 0.6 is 27.5 Å². The van der Waals surface area contributed by atoms with Crippen molar-refractivity contribution in [2.75, 3.05) is 11.9 Å². The quantitative estimate of drug-likeness (QED) is 0.719. The van der Waals surface area contributed by atoms with Crippen molar-refractivity contribution < 1.29 is 5.11 Å². The highest BCUT2D eigenvalue weighted by molar-refractivity contribution is 9.10. The molecule has 0 aliphatic heterocycles. The van der Waals surface area contributed by atoms with Crippen molar-refractivity contribution in [1.29, 1.82) is 0 Å². The lowest BCUT2D eigenvalue weighted by Gasteiger charge is -2.35. The molecule has 0 saturated carbocycles. The molecule has 0 fully saturated rings. The van der Waals surface area contributed by atoms with Gasteiger partial charge in [0.05, 0.1) is 17.2 Å². The molecule has 0 aromatic heterocycles. The summed E-state index contributed by atoms with van der Waals surface area (Å²) in [5, 5.41) is 14.0. The first-order valence-electron chi connectivity index (χ1n) is 6.80. The lowest BCUT2D eigenvalue weighted by Crippen LogP contribution is -2.43. The first-order valence-corrected chi connectivity index (χ1v) is 7.97. The van der Waals surface area contributed by atoms with E-state index >= 15 is 0 Å². The maximum Gasteiger partial charge on any atom is 0.0661 e. The summed E-state index contributed by atoms with van der Waals surface area (Å²) in [5.41, 5.74) is 0.721. The minimum atomic E-state index is -0.261. The Kier molecular flexibility index (Phi) is 6.64. The molecule has 2 unspecified atom stereocenters. The number of nitrogens with one attached hydrogen (secondary N) is 1. The predicted molar refractivity (Wildman–Crippen MR) is 87.0 cm³/mol. The Morgan fingerprint density at radius 2 is 2.11 bits per heavy atom. The van der Waals surface area contributed by atoms with Gasteiger partial charge in [-0.25, -0.2) is 0 Å². The molecular formula is C15H23BrClNO. The number of hydrogen-bond acceptors (Lipinski definition) is 2. The van der Waals surface area contributed by atoms with Gasteiger partial charge in [-0.1, -0.05) is 38.8 Å². The largest absolute Gasteiger partial charge is 0.394 e. The minimum Gasteiger partial charge on any atom is -0.394 e. The normalized spacial score (nSPS) is 15.9. The highest BCUT2D eigenvalue weighted by Crippen LogP contribution is 2.30. The van der Waals surface area contributed by atoms with Crippen molar-refractivity contribution in [1.82, 2.24) is 0 Å². The van der Waals surface area contributed by atoms with Gasteiger partial charge in [0.1, 0.15) is 0 Å². The Morgan fingerprint density at radius 3 is 2.58 bits per heavy atom. The van der Waals surface area contributed by atoms with Crippen LogP contribution in [0.3, 0.4) is 0 Å². The summed E-state index contributed by atoms with van der Waals surface area (Å²) in [6.07, 6.45) is 2.96. The first-order chi connectivity index (χ1) is 8.96. The van der Waals surface area contributed by atoms with Crippen molar-refractivity contribution in [3.63, 3.8) is 0 Å². The van der Waals surface area contributed by atoms with Gasteiger partial charge in [0.2, 0.25) is 0 Å². The van der Waals surface area contributed by atoms with E-state index in [0.29, 0.717) is 10.9 Å². The Balaban J connectivity index is 2.90. The van der Waals surface area contributed by atoms with Gasteiger partial charge in [0.15, 0.2) is 0 Å². The molecular weight excluding hydrogens is 326 g/mol. The molecule has 0 saturated heterocycles. The SMILES string of the molecule is CCC(C)CC(CC)(CO)Nc1ccc(Cl)c(Br)c1. The van der Waals surface area contributed by atoms with Crippen LogP contribution in [0.2, 0.25) is 5.02 Å². The Morgan fingerprint density at radius 1 is 1.42 bits per heavy atom. The summed E-state index contributed by atoms with van der Waals surface area (Å²) in [4.78, 5) is 0. The molecule has 19 heavy (non-hydrogen) atoms. The van der Waals surface area contributed by atoms with Crippen LogP contribution in [0, 0.1) is 5.92 Å². The monoisotopic (exact) mass is 347 g/mol. The topological polar surface area (TPSA) is 32.3 Å². The molecule has 0 amide bonds. The van der Waals surface area contributed by atoms with E-state index in [0.717, 1.165) is 29.4 Å². The molecule has 4 heteroatoms. The molecule has 108 valence electrons. The van der Waals surface area contributed by atoms with E-state index in [9.17, 15) is 5.11 Å². The zero-order chi connectivity index (χ0) is 14.5. The molecule has 2 nitrogen and oxygen atoms in total. The minimum absolute atomic E-state index is 0.133. The number of anilines is 1.